The molecule has 2 amide bonds. The van der Waals surface area contributed by atoms with Crippen molar-refractivity contribution < 1.29 is 9.59 Å². The molecule has 0 radical (unpaired) electrons. The lowest BCUT2D eigenvalue weighted by molar-refractivity contribution is -0.133. The van der Waals surface area contributed by atoms with Gasteiger partial charge in [-0.25, -0.2) is 0 Å². The van der Waals surface area contributed by atoms with Crippen molar-refractivity contribution in [1.82, 2.24) is 5.32 Å². The van der Waals surface area contributed by atoms with Crippen molar-refractivity contribution in [2.45, 2.75) is 20.3 Å². The van der Waals surface area contributed by atoms with Crippen LogP contribution in [0.1, 0.15) is 20.3 Å². The molecular formula is C9H13ClN2O2. The number of nitrogens with zero attached hydrogens (tertiary/aromatic N) is 1. The van der Waals surface area contributed by atoms with Crippen LogP contribution in [0.15, 0.2) is 0 Å². The van der Waals surface area contributed by atoms with Crippen molar-refractivity contribution in [2.24, 2.45) is 11.8 Å². The van der Waals surface area contributed by atoms with Crippen molar-refractivity contribution in [2.75, 3.05) is 5.88 Å². The molecule has 0 aromatic carbocycles. The summed E-state index contributed by atoms with van der Waals surface area (Å²) in [5.74, 6) is -1.82. The molecule has 0 aliphatic carbocycles. The third kappa shape index (κ3) is 4.24. The van der Waals surface area contributed by atoms with Crippen molar-refractivity contribution in [3.63, 3.8) is 0 Å². The Morgan fingerprint density at radius 1 is 1.43 bits per heavy atom. The van der Waals surface area contributed by atoms with E-state index in [0.717, 1.165) is 0 Å². The fraction of sp³-hybridized carbons (Fsp3) is 0.667. The normalized spacial score (nSPS) is 11.9. The van der Waals surface area contributed by atoms with Gasteiger partial charge in [0.05, 0.1) is 6.07 Å². The second-order valence-corrected chi connectivity index (χ2v) is 3.55. The van der Waals surface area contributed by atoms with Crippen LogP contribution in [0.3, 0.4) is 0 Å². The molecule has 0 spiro atoms. The van der Waals surface area contributed by atoms with Crippen molar-refractivity contribution in [1.29, 1.82) is 5.26 Å². The van der Waals surface area contributed by atoms with Gasteiger partial charge in [-0.3, -0.25) is 14.9 Å². The minimum atomic E-state index is -0.838. The Morgan fingerprint density at radius 2 is 2.00 bits per heavy atom. The van der Waals surface area contributed by atoms with Crippen LogP contribution in [-0.4, -0.2) is 17.7 Å². The molecule has 5 heteroatoms. The van der Waals surface area contributed by atoms with Crippen LogP contribution in [-0.2, 0) is 9.59 Å². The molecule has 0 saturated carbocycles. The molecule has 1 atom stereocenters. The molecule has 0 aromatic rings. The van der Waals surface area contributed by atoms with E-state index in [1.165, 1.54) is 0 Å². The highest BCUT2D eigenvalue weighted by molar-refractivity contribution is 6.18. The zero-order valence-electron chi connectivity index (χ0n) is 8.21. The minimum absolute atomic E-state index is 0.224. The van der Waals surface area contributed by atoms with Gasteiger partial charge >= 0.3 is 0 Å². The molecule has 0 fully saturated rings. The first-order valence-corrected chi connectivity index (χ1v) is 4.86. The van der Waals surface area contributed by atoms with Crippen LogP contribution < -0.4 is 5.32 Å². The smallest absolute Gasteiger partial charge is 0.243 e. The number of carbonyl (C=O) groups is 2. The Labute approximate surface area is 88.2 Å². The van der Waals surface area contributed by atoms with Crippen molar-refractivity contribution in [3.8, 4) is 6.07 Å². The number of amides is 2. The Balaban J connectivity index is 4.19. The third-order valence-corrected chi connectivity index (χ3v) is 1.86. The Bertz CT molecular complexity index is 258. The van der Waals surface area contributed by atoms with Crippen LogP contribution >= 0.6 is 11.6 Å². The Hall–Kier alpha value is -1.08. The second-order valence-electron chi connectivity index (χ2n) is 3.17. The number of halogens is 1. The molecule has 0 rings (SSSR count). The van der Waals surface area contributed by atoms with E-state index in [0.29, 0.717) is 0 Å². The fourth-order valence-corrected chi connectivity index (χ4v) is 0.934. The lowest BCUT2D eigenvalue weighted by Gasteiger charge is -2.09. The Kier molecular flexibility index (Phi) is 5.89. The van der Waals surface area contributed by atoms with Gasteiger partial charge in [-0.1, -0.05) is 13.8 Å². The largest absolute Gasteiger partial charge is 0.295 e. The van der Waals surface area contributed by atoms with Gasteiger partial charge in [0.25, 0.3) is 0 Å². The monoisotopic (exact) mass is 216 g/mol. The van der Waals surface area contributed by atoms with Crippen LogP contribution in [0.2, 0.25) is 0 Å². The SMILES string of the molecule is CC(C)C(=O)NC(=O)C(C#N)CCCl. The predicted molar refractivity (Wildman–Crippen MR) is 52.4 cm³/mol. The van der Waals surface area contributed by atoms with Crippen LogP contribution in [0.5, 0.6) is 0 Å². The molecule has 1 N–H and O–H groups in total. The number of rotatable bonds is 4. The van der Waals surface area contributed by atoms with E-state index in [4.69, 9.17) is 16.9 Å². The minimum Gasteiger partial charge on any atom is -0.295 e. The van der Waals surface area contributed by atoms with E-state index in [-0.39, 0.29) is 24.1 Å². The maximum atomic E-state index is 11.3. The van der Waals surface area contributed by atoms with Gasteiger partial charge in [-0.05, 0) is 6.42 Å². The van der Waals surface area contributed by atoms with Gasteiger partial charge in [0.2, 0.25) is 11.8 Å². The maximum Gasteiger partial charge on any atom is 0.243 e. The summed E-state index contributed by atoms with van der Waals surface area (Å²) < 4.78 is 0. The molecular weight excluding hydrogens is 204 g/mol. The first-order valence-electron chi connectivity index (χ1n) is 4.33. The molecule has 0 saturated heterocycles. The molecule has 0 heterocycles. The van der Waals surface area contributed by atoms with Crippen LogP contribution in [0, 0.1) is 23.2 Å². The molecule has 1 unspecified atom stereocenters. The lowest BCUT2D eigenvalue weighted by atomic mass is 10.1. The number of imide groups is 1. The van der Waals surface area contributed by atoms with Gasteiger partial charge in [-0.2, -0.15) is 5.26 Å². The van der Waals surface area contributed by atoms with Crippen LogP contribution in [0.4, 0.5) is 0 Å². The lowest BCUT2D eigenvalue weighted by Crippen LogP contribution is -2.37. The number of hydrogen-bond acceptors (Lipinski definition) is 3. The van der Waals surface area contributed by atoms with E-state index >= 15 is 0 Å². The second kappa shape index (κ2) is 6.39. The number of nitriles is 1. The van der Waals surface area contributed by atoms with Crippen LogP contribution in [0.25, 0.3) is 0 Å². The standard InChI is InChI=1S/C9H13ClN2O2/c1-6(2)8(13)12-9(14)7(5-11)3-4-10/h6-7H,3-4H2,1-2H3,(H,12,13,14). The topological polar surface area (TPSA) is 70.0 Å². The van der Waals surface area contributed by atoms with Crippen molar-refractivity contribution >= 4 is 23.4 Å². The summed E-state index contributed by atoms with van der Waals surface area (Å²) in [6, 6.07) is 1.80. The summed E-state index contributed by atoms with van der Waals surface area (Å²) in [6.07, 6.45) is 0.259. The predicted octanol–water partition coefficient (Wildman–Crippen LogP) is 1.05. The van der Waals surface area contributed by atoms with Gasteiger partial charge in [0, 0.05) is 11.8 Å². The maximum absolute atomic E-state index is 11.3. The summed E-state index contributed by atoms with van der Waals surface area (Å²) in [5.41, 5.74) is 0. The quantitative estimate of drug-likeness (QED) is 0.715. The molecule has 78 valence electrons. The summed E-state index contributed by atoms with van der Waals surface area (Å²) in [7, 11) is 0. The van der Waals surface area contributed by atoms with Gasteiger partial charge in [0.1, 0.15) is 5.92 Å². The van der Waals surface area contributed by atoms with Crippen molar-refractivity contribution in [3.05, 3.63) is 0 Å². The summed E-state index contributed by atoms with van der Waals surface area (Å²) in [5, 5.41) is 10.8. The average molecular weight is 217 g/mol. The van der Waals surface area contributed by atoms with Gasteiger partial charge < -0.3 is 0 Å². The number of hydrogen-bond donors (Lipinski definition) is 1. The first kappa shape index (κ1) is 12.9. The van der Waals surface area contributed by atoms with E-state index in [9.17, 15) is 9.59 Å². The van der Waals surface area contributed by atoms with Gasteiger partial charge in [0.15, 0.2) is 0 Å². The van der Waals surface area contributed by atoms with Gasteiger partial charge in [-0.15, -0.1) is 11.6 Å². The summed E-state index contributed by atoms with van der Waals surface area (Å²) >= 11 is 5.40. The molecule has 14 heavy (non-hydrogen) atoms. The number of nitrogens with one attached hydrogen (secondary N) is 1. The van der Waals surface area contributed by atoms with E-state index in [1.807, 2.05) is 0 Å². The highest BCUT2D eigenvalue weighted by Gasteiger charge is 2.20. The highest BCUT2D eigenvalue weighted by Crippen LogP contribution is 2.03. The zero-order valence-corrected chi connectivity index (χ0v) is 8.97. The third-order valence-electron chi connectivity index (χ3n) is 1.64. The summed E-state index contributed by atoms with van der Waals surface area (Å²) in [4.78, 5) is 22.4. The first-order chi connectivity index (χ1) is 6.52. The highest BCUT2D eigenvalue weighted by atomic mass is 35.5. The fourth-order valence-electron chi connectivity index (χ4n) is 0.716. The molecule has 0 aromatic heterocycles. The van der Waals surface area contributed by atoms with E-state index < -0.39 is 11.8 Å². The van der Waals surface area contributed by atoms with E-state index in [2.05, 4.69) is 5.32 Å². The number of alkyl halides is 1. The molecule has 0 aliphatic rings. The zero-order chi connectivity index (χ0) is 11.1. The molecule has 0 bridgehead atoms. The number of carbonyl (C=O) groups excluding carboxylic acids is 2. The summed E-state index contributed by atoms with van der Waals surface area (Å²) in [6.45, 7) is 3.34. The van der Waals surface area contributed by atoms with E-state index in [1.54, 1.807) is 19.9 Å². The molecule has 4 nitrogen and oxygen atoms in total. The Morgan fingerprint density at radius 3 is 2.36 bits per heavy atom. The molecule has 0 aliphatic heterocycles. The average Bonchev–Trinajstić information content (AvgIpc) is 2.13.